The zero-order valence-electron chi connectivity index (χ0n) is 23.8. The standard InChI is InChI=1S/C27H27F3N6O4.C2H6/c1-26(2)39-15-20(40-26)14-38-22-11-18(6-8-31-22)33-25(37)36-19-7-9-35(13-19)21-12-32-23(34-24(21)36)16-4-3-5-17(10-16)27(28,29)30;1-2/h3-6,8,10-12,19-20H,7,9,13-15H2,1-2H3,(H,31,33,37);1-2H3/t19?,20-;/m1./s1. The Kier molecular flexibility index (Phi) is 8.24. The number of halogens is 3. The molecule has 224 valence electrons. The van der Waals surface area contributed by atoms with Crippen LogP contribution in [0.4, 0.5) is 35.2 Å². The molecule has 0 aliphatic carbocycles. The van der Waals surface area contributed by atoms with Gasteiger partial charge in [-0.25, -0.2) is 19.7 Å². The molecule has 0 saturated carbocycles. The number of amides is 2. The van der Waals surface area contributed by atoms with E-state index in [1.165, 1.54) is 18.3 Å². The van der Waals surface area contributed by atoms with Crippen molar-refractivity contribution in [2.75, 3.05) is 41.4 Å². The van der Waals surface area contributed by atoms with Crippen LogP contribution in [0.15, 0.2) is 48.8 Å². The topological polar surface area (TPSA) is 102 Å². The predicted molar refractivity (Wildman–Crippen MR) is 151 cm³/mol. The van der Waals surface area contributed by atoms with Gasteiger partial charge in [-0.3, -0.25) is 4.90 Å². The minimum atomic E-state index is -4.50. The van der Waals surface area contributed by atoms with Gasteiger partial charge in [-0.05, 0) is 38.5 Å². The van der Waals surface area contributed by atoms with E-state index in [2.05, 4.69) is 25.2 Å². The summed E-state index contributed by atoms with van der Waals surface area (Å²) in [7, 11) is 0. The fourth-order valence-electron chi connectivity index (χ4n) is 5.12. The lowest BCUT2D eigenvalue weighted by molar-refractivity contribution is -0.141. The predicted octanol–water partition coefficient (Wildman–Crippen LogP) is 5.74. The average molecular weight is 587 g/mol. The number of alkyl halides is 3. The Labute approximate surface area is 241 Å². The van der Waals surface area contributed by atoms with E-state index in [0.717, 1.165) is 12.1 Å². The van der Waals surface area contributed by atoms with Gasteiger partial charge in [-0.15, -0.1) is 0 Å². The summed E-state index contributed by atoms with van der Waals surface area (Å²) >= 11 is 0. The zero-order chi connectivity index (χ0) is 30.1. The van der Waals surface area contributed by atoms with Gasteiger partial charge in [0.05, 0.1) is 30.1 Å². The van der Waals surface area contributed by atoms with Crippen molar-refractivity contribution in [2.45, 2.75) is 58.2 Å². The molecule has 1 N–H and O–H groups in total. The second kappa shape index (κ2) is 11.7. The van der Waals surface area contributed by atoms with E-state index in [1.54, 1.807) is 23.2 Å². The smallest absolute Gasteiger partial charge is 0.416 e. The molecular formula is C29H33F3N6O4. The Morgan fingerprint density at radius 2 is 2.00 bits per heavy atom. The summed E-state index contributed by atoms with van der Waals surface area (Å²) in [6, 6.07) is 7.50. The van der Waals surface area contributed by atoms with E-state index in [1.807, 2.05) is 27.7 Å². The van der Waals surface area contributed by atoms with E-state index >= 15 is 0 Å². The Hall–Kier alpha value is -3.97. The van der Waals surface area contributed by atoms with Crippen molar-refractivity contribution in [1.29, 1.82) is 0 Å². The molecule has 1 aromatic carbocycles. The van der Waals surface area contributed by atoms with Gasteiger partial charge in [-0.1, -0.05) is 26.0 Å². The van der Waals surface area contributed by atoms with Crippen LogP contribution < -0.4 is 19.9 Å². The van der Waals surface area contributed by atoms with Crippen LogP contribution >= 0.6 is 0 Å². The maximum atomic E-state index is 13.6. The van der Waals surface area contributed by atoms with Gasteiger partial charge in [-0.2, -0.15) is 13.2 Å². The number of anilines is 3. The number of aromatic nitrogens is 3. The number of carbonyl (C=O) groups is 1. The first-order valence-electron chi connectivity index (χ1n) is 13.9. The molecule has 0 spiro atoms. The Morgan fingerprint density at radius 3 is 2.74 bits per heavy atom. The molecule has 0 radical (unpaired) electrons. The number of benzene rings is 1. The van der Waals surface area contributed by atoms with E-state index in [9.17, 15) is 18.0 Å². The third-order valence-electron chi connectivity index (χ3n) is 6.98. The number of nitrogens with zero attached hydrogens (tertiary/aromatic N) is 5. The number of carbonyl (C=O) groups excluding carboxylic acids is 1. The maximum absolute atomic E-state index is 13.6. The third-order valence-corrected chi connectivity index (χ3v) is 6.98. The van der Waals surface area contributed by atoms with Crippen molar-refractivity contribution in [2.24, 2.45) is 0 Å². The number of hydrogen-bond acceptors (Lipinski definition) is 8. The Morgan fingerprint density at radius 1 is 1.19 bits per heavy atom. The summed E-state index contributed by atoms with van der Waals surface area (Å²) in [4.78, 5) is 30.3. The number of hydrogen-bond donors (Lipinski definition) is 1. The van der Waals surface area contributed by atoms with Crippen LogP contribution in [0.1, 0.15) is 39.7 Å². The van der Waals surface area contributed by atoms with Crippen LogP contribution in [-0.2, 0) is 15.7 Å². The number of ether oxygens (including phenoxy) is 3. The van der Waals surface area contributed by atoms with E-state index in [4.69, 9.17) is 14.2 Å². The van der Waals surface area contributed by atoms with Crippen LogP contribution in [0.5, 0.6) is 5.88 Å². The zero-order valence-corrected chi connectivity index (χ0v) is 23.8. The second-order valence-corrected chi connectivity index (χ2v) is 10.3. The normalized spacial score (nSPS) is 20.5. The average Bonchev–Trinajstić information content (AvgIpc) is 3.55. The van der Waals surface area contributed by atoms with Gasteiger partial charge in [0.15, 0.2) is 17.4 Å². The summed E-state index contributed by atoms with van der Waals surface area (Å²) in [5.41, 5.74) is 0.533. The van der Waals surface area contributed by atoms with Crippen LogP contribution in [0.2, 0.25) is 0 Å². The molecule has 2 aromatic heterocycles. The molecule has 3 aliphatic rings. The molecule has 1 unspecified atom stereocenters. The molecule has 10 nitrogen and oxygen atoms in total. The number of rotatable bonds is 5. The van der Waals surface area contributed by atoms with Crippen LogP contribution in [0.3, 0.4) is 0 Å². The molecule has 3 aromatic rings. The first kappa shape index (κ1) is 29.5. The lowest BCUT2D eigenvalue weighted by Gasteiger charge is -2.35. The molecule has 2 amide bonds. The van der Waals surface area contributed by atoms with Gasteiger partial charge in [0, 0.05) is 36.6 Å². The fraction of sp³-hybridized carbons (Fsp3) is 0.448. The largest absolute Gasteiger partial charge is 0.475 e. The van der Waals surface area contributed by atoms with Crippen molar-refractivity contribution in [3.8, 4) is 17.3 Å². The molecule has 3 aliphatic heterocycles. The van der Waals surface area contributed by atoms with Gasteiger partial charge in [0.2, 0.25) is 5.88 Å². The van der Waals surface area contributed by atoms with Crippen molar-refractivity contribution in [3.63, 3.8) is 0 Å². The molecule has 42 heavy (non-hydrogen) atoms. The molecule has 2 fully saturated rings. The maximum Gasteiger partial charge on any atom is 0.416 e. The molecule has 2 atom stereocenters. The van der Waals surface area contributed by atoms with E-state index < -0.39 is 23.6 Å². The van der Waals surface area contributed by atoms with E-state index in [-0.39, 0.29) is 30.1 Å². The Bertz CT molecular complexity index is 1440. The first-order chi connectivity index (χ1) is 20.1. The summed E-state index contributed by atoms with van der Waals surface area (Å²) < 4.78 is 56.9. The van der Waals surface area contributed by atoms with Crippen molar-refractivity contribution in [1.82, 2.24) is 15.0 Å². The first-order valence-corrected chi connectivity index (χ1v) is 13.9. The van der Waals surface area contributed by atoms with Crippen LogP contribution in [0, 0.1) is 0 Å². The van der Waals surface area contributed by atoms with Gasteiger partial charge in [0.1, 0.15) is 12.7 Å². The van der Waals surface area contributed by atoms with Crippen molar-refractivity contribution < 1.29 is 32.2 Å². The number of urea groups is 1. The highest BCUT2D eigenvalue weighted by molar-refractivity contribution is 6.04. The molecule has 6 rings (SSSR count). The minimum absolute atomic E-state index is 0.103. The van der Waals surface area contributed by atoms with Gasteiger partial charge in [0.25, 0.3) is 0 Å². The number of pyridine rings is 1. The second-order valence-electron chi connectivity index (χ2n) is 10.3. The summed E-state index contributed by atoms with van der Waals surface area (Å²) in [6.45, 7) is 9.62. The molecular weight excluding hydrogens is 553 g/mol. The van der Waals surface area contributed by atoms with Crippen molar-refractivity contribution >= 4 is 23.2 Å². The lowest BCUT2D eigenvalue weighted by atomic mass is 10.1. The minimum Gasteiger partial charge on any atom is -0.475 e. The fourth-order valence-corrected chi connectivity index (χ4v) is 5.12. The van der Waals surface area contributed by atoms with Gasteiger partial charge < -0.3 is 24.4 Å². The summed E-state index contributed by atoms with van der Waals surface area (Å²) in [5.74, 6) is 0.0973. The summed E-state index contributed by atoms with van der Waals surface area (Å²) in [6.07, 6.45) is -0.934. The third kappa shape index (κ3) is 6.26. The molecule has 13 heteroatoms. The highest BCUT2D eigenvalue weighted by Crippen LogP contribution is 2.40. The quantitative estimate of drug-likeness (QED) is 0.404. The lowest BCUT2D eigenvalue weighted by Crippen LogP contribution is -2.48. The van der Waals surface area contributed by atoms with Crippen LogP contribution in [0.25, 0.3) is 11.4 Å². The van der Waals surface area contributed by atoms with Crippen molar-refractivity contribution in [3.05, 3.63) is 54.4 Å². The molecule has 2 saturated heterocycles. The molecule has 5 heterocycles. The Balaban J connectivity index is 0.00000173. The highest BCUT2D eigenvalue weighted by Gasteiger charge is 2.41. The summed E-state index contributed by atoms with van der Waals surface area (Å²) in [5, 5.41) is 2.89. The number of nitrogens with one attached hydrogen (secondary N) is 1. The van der Waals surface area contributed by atoms with E-state index in [0.29, 0.717) is 49.2 Å². The molecule has 2 bridgehead atoms. The van der Waals surface area contributed by atoms with Crippen LogP contribution in [-0.4, -0.2) is 65.2 Å². The monoisotopic (exact) mass is 586 g/mol. The highest BCUT2D eigenvalue weighted by atomic mass is 19.4. The SMILES string of the molecule is CC.CC1(C)OC[C@@H](COc2cc(NC(=O)N3c4nc(-c5cccc(C(F)(F)F)c5)ncc4N4CCC3C4)ccn2)O1. The number of fused-ring (bicyclic) bond motifs is 4. The van der Waals surface area contributed by atoms with Gasteiger partial charge >= 0.3 is 12.2 Å².